The first kappa shape index (κ1) is 53.4. The number of carbonyl (C=O) groups is 2. The first-order valence-electron chi connectivity index (χ1n) is 21.0. The largest absolute Gasteiger partial charge is 0.472 e. The third-order valence-electron chi connectivity index (χ3n) is 7.85. The number of esters is 2. The molecule has 10 heteroatoms. The lowest BCUT2D eigenvalue weighted by molar-refractivity contribution is -0.161. The molecule has 0 aromatic heterocycles. The molecule has 1 unspecified atom stereocenters. The van der Waals surface area contributed by atoms with E-state index in [9.17, 15) is 19.0 Å². The number of ether oxygens (including phenoxy) is 2. The molecule has 0 aliphatic heterocycles. The molecule has 0 aromatic carbocycles. The number of phosphoric ester groups is 1. The molecule has 0 aliphatic carbocycles. The van der Waals surface area contributed by atoms with Crippen LogP contribution in [0.2, 0.25) is 0 Å². The predicted octanol–water partition coefficient (Wildman–Crippen LogP) is 12.2. The molecule has 3 N–H and O–H groups in total. The van der Waals surface area contributed by atoms with E-state index in [1.807, 2.05) is 18.2 Å². The van der Waals surface area contributed by atoms with Gasteiger partial charge in [0, 0.05) is 19.4 Å². The fourth-order valence-corrected chi connectivity index (χ4v) is 5.53. The van der Waals surface area contributed by atoms with Crippen LogP contribution in [0, 0.1) is 0 Å². The summed E-state index contributed by atoms with van der Waals surface area (Å²) < 4.78 is 32.6. The van der Waals surface area contributed by atoms with Gasteiger partial charge in [-0.3, -0.25) is 18.6 Å². The Bertz CT molecular complexity index is 1340. The van der Waals surface area contributed by atoms with E-state index in [0.717, 1.165) is 64.2 Å². The maximum Gasteiger partial charge on any atom is 0.472 e. The van der Waals surface area contributed by atoms with Gasteiger partial charge in [0.05, 0.1) is 13.2 Å². The summed E-state index contributed by atoms with van der Waals surface area (Å²) in [6.45, 7) is 3.40. The zero-order valence-electron chi connectivity index (χ0n) is 35.0. The Labute approximate surface area is 345 Å². The highest BCUT2D eigenvalue weighted by molar-refractivity contribution is 7.47. The van der Waals surface area contributed by atoms with E-state index in [0.29, 0.717) is 19.3 Å². The molecule has 0 spiro atoms. The monoisotopic (exact) mass is 812 g/mol. The van der Waals surface area contributed by atoms with Crippen molar-refractivity contribution in [3.63, 3.8) is 0 Å². The van der Waals surface area contributed by atoms with Crippen LogP contribution >= 0.6 is 7.82 Å². The zero-order valence-corrected chi connectivity index (χ0v) is 35.9. The molecule has 0 amide bonds. The molecule has 0 heterocycles. The molecule has 0 saturated carbocycles. The van der Waals surface area contributed by atoms with Gasteiger partial charge < -0.3 is 20.1 Å². The lowest BCUT2D eigenvalue weighted by Gasteiger charge is -2.19. The van der Waals surface area contributed by atoms with E-state index in [2.05, 4.69) is 117 Å². The van der Waals surface area contributed by atoms with Gasteiger partial charge in [0.15, 0.2) is 6.10 Å². The Balaban J connectivity index is 4.43. The topological polar surface area (TPSA) is 134 Å². The SMILES string of the molecule is CCC=CCC=CCC=CCC=CCC=CCC=CCCC(=O)OC[C@H](COP(=O)(O)OCCN)OC(=O)CCCC=CCC=CCC=CCC=CCCCCC. The number of hydrogen-bond acceptors (Lipinski definition) is 8. The van der Waals surface area contributed by atoms with Crippen LogP contribution in [0.3, 0.4) is 0 Å². The Morgan fingerprint density at radius 2 is 0.982 bits per heavy atom. The highest BCUT2D eigenvalue weighted by atomic mass is 31.2. The third kappa shape index (κ3) is 41.9. The van der Waals surface area contributed by atoms with E-state index in [1.54, 1.807) is 0 Å². The number of nitrogens with two attached hydrogens (primary N) is 1. The first-order chi connectivity index (χ1) is 27.8. The Hall–Kier alpha value is -3.59. The standard InChI is InChI=1S/C47H74NO8P/c1-3-5-7-9-11-13-15-17-19-21-22-24-25-27-29-31-33-35-37-39-46(49)53-43-45(44-55-57(51,52)54-42-41-48)56-47(50)40-38-36-34-32-30-28-26-23-20-18-16-14-12-10-8-6-4-2/h5,7,11-14,17-20,22,24,26-29,32-35,45H,3-4,6,8-10,15-16,21,23,25,30-31,36-44,48H2,1-2H3,(H,51,52)/t45-/m1/s1. The maximum atomic E-state index is 12.5. The summed E-state index contributed by atoms with van der Waals surface area (Å²) in [6.07, 6.45) is 56.8. The van der Waals surface area contributed by atoms with Gasteiger partial charge in [-0.05, 0) is 89.9 Å². The van der Waals surface area contributed by atoms with Crippen molar-refractivity contribution >= 4 is 19.8 Å². The van der Waals surface area contributed by atoms with Crippen molar-refractivity contribution in [3.05, 3.63) is 122 Å². The van der Waals surface area contributed by atoms with Crippen LogP contribution in [0.5, 0.6) is 0 Å². The van der Waals surface area contributed by atoms with Gasteiger partial charge in [-0.15, -0.1) is 0 Å². The molecule has 0 saturated heterocycles. The summed E-state index contributed by atoms with van der Waals surface area (Å²) in [5.41, 5.74) is 5.33. The van der Waals surface area contributed by atoms with Crippen LogP contribution < -0.4 is 5.73 Å². The van der Waals surface area contributed by atoms with Gasteiger partial charge in [-0.2, -0.15) is 0 Å². The number of unbranched alkanes of at least 4 members (excludes halogenated alkanes) is 4. The summed E-state index contributed by atoms with van der Waals surface area (Å²) in [5.74, 6) is -1.01. The van der Waals surface area contributed by atoms with Crippen LogP contribution in [0.4, 0.5) is 0 Å². The maximum absolute atomic E-state index is 12.5. The molecular weight excluding hydrogens is 737 g/mol. The molecular formula is C47H74NO8P. The number of rotatable bonds is 37. The normalized spacial score (nSPS) is 14.5. The Kier molecular flexibility index (Phi) is 39.4. The number of carbonyl (C=O) groups excluding carboxylic acids is 2. The van der Waals surface area contributed by atoms with Crippen molar-refractivity contribution < 1.29 is 37.6 Å². The van der Waals surface area contributed by atoms with Crippen LogP contribution in [-0.2, 0) is 32.7 Å². The molecule has 0 aromatic rings. The first-order valence-corrected chi connectivity index (χ1v) is 22.5. The van der Waals surface area contributed by atoms with Crippen LogP contribution in [0.1, 0.15) is 129 Å². The molecule has 2 atom stereocenters. The van der Waals surface area contributed by atoms with Gasteiger partial charge in [0.25, 0.3) is 0 Å². The van der Waals surface area contributed by atoms with Gasteiger partial charge in [0.1, 0.15) is 6.61 Å². The minimum atomic E-state index is -4.42. The minimum absolute atomic E-state index is 0.0279. The van der Waals surface area contributed by atoms with E-state index < -0.39 is 32.5 Å². The summed E-state index contributed by atoms with van der Waals surface area (Å²) in [6, 6.07) is 0. The summed E-state index contributed by atoms with van der Waals surface area (Å²) in [5, 5.41) is 0. The predicted molar refractivity (Wildman–Crippen MR) is 237 cm³/mol. The Morgan fingerprint density at radius 3 is 1.44 bits per heavy atom. The minimum Gasteiger partial charge on any atom is -0.462 e. The van der Waals surface area contributed by atoms with Crippen molar-refractivity contribution in [2.24, 2.45) is 5.73 Å². The molecule has 320 valence electrons. The smallest absolute Gasteiger partial charge is 0.462 e. The number of hydrogen-bond donors (Lipinski definition) is 2. The van der Waals surface area contributed by atoms with Gasteiger partial charge in [-0.25, -0.2) is 4.57 Å². The van der Waals surface area contributed by atoms with Crippen molar-refractivity contribution in [2.75, 3.05) is 26.4 Å². The summed E-state index contributed by atoms with van der Waals surface area (Å²) in [7, 11) is -4.42. The summed E-state index contributed by atoms with van der Waals surface area (Å²) in [4.78, 5) is 34.8. The molecule has 0 bridgehead atoms. The second-order valence-corrected chi connectivity index (χ2v) is 14.6. The van der Waals surface area contributed by atoms with Crippen LogP contribution in [0.15, 0.2) is 122 Å². The lowest BCUT2D eigenvalue weighted by atomic mass is 10.2. The van der Waals surface area contributed by atoms with Gasteiger partial charge >= 0.3 is 19.8 Å². The highest BCUT2D eigenvalue weighted by Gasteiger charge is 2.25. The quantitative estimate of drug-likeness (QED) is 0.0272. The van der Waals surface area contributed by atoms with Crippen LogP contribution in [-0.4, -0.2) is 49.3 Å². The van der Waals surface area contributed by atoms with Crippen LogP contribution in [0.25, 0.3) is 0 Å². The van der Waals surface area contributed by atoms with Crippen molar-refractivity contribution in [3.8, 4) is 0 Å². The van der Waals surface area contributed by atoms with Crippen molar-refractivity contribution in [1.29, 1.82) is 0 Å². The zero-order chi connectivity index (χ0) is 41.8. The fourth-order valence-electron chi connectivity index (χ4n) is 4.77. The fraction of sp³-hybridized carbons (Fsp3) is 0.532. The molecule has 0 fully saturated rings. The van der Waals surface area contributed by atoms with E-state index in [1.165, 1.54) is 19.3 Å². The third-order valence-corrected chi connectivity index (χ3v) is 8.83. The van der Waals surface area contributed by atoms with Gasteiger partial charge in [0.2, 0.25) is 0 Å². The molecule has 0 radical (unpaired) electrons. The average Bonchev–Trinajstić information content (AvgIpc) is 3.20. The van der Waals surface area contributed by atoms with E-state index in [4.69, 9.17) is 24.3 Å². The average molecular weight is 812 g/mol. The van der Waals surface area contributed by atoms with E-state index in [-0.39, 0.29) is 32.6 Å². The number of phosphoric acid groups is 1. The summed E-state index contributed by atoms with van der Waals surface area (Å²) >= 11 is 0. The van der Waals surface area contributed by atoms with E-state index >= 15 is 0 Å². The number of allylic oxidation sites excluding steroid dienone is 20. The van der Waals surface area contributed by atoms with Gasteiger partial charge in [-0.1, -0.05) is 148 Å². The highest BCUT2D eigenvalue weighted by Crippen LogP contribution is 2.43. The second-order valence-electron chi connectivity index (χ2n) is 13.1. The Morgan fingerprint density at radius 1 is 0.544 bits per heavy atom. The molecule has 57 heavy (non-hydrogen) atoms. The lowest BCUT2D eigenvalue weighted by Crippen LogP contribution is -2.29. The second kappa shape index (κ2) is 42.0. The molecule has 0 rings (SSSR count). The van der Waals surface area contributed by atoms with Crippen molar-refractivity contribution in [2.45, 2.75) is 136 Å². The molecule has 0 aliphatic rings. The molecule has 9 nitrogen and oxygen atoms in total. The van der Waals surface area contributed by atoms with Crippen molar-refractivity contribution in [1.82, 2.24) is 0 Å².